The van der Waals surface area contributed by atoms with Gasteiger partial charge in [0.05, 0.1) is 6.04 Å². The topological polar surface area (TPSA) is 163 Å². The quantitative estimate of drug-likeness (QED) is 0.107. The number of likely N-dealkylation sites (tertiary alicyclic amines) is 1. The zero-order valence-electron chi connectivity index (χ0n) is 34.6. The van der Waals surface area contributed by atoms with E-state index in [9.17, 15) is 41.9 Å². The standard InChI is InChI=1S/C35H53N5O7.C3H5F3.C2H6/c1-11-18-36-30(43)26(41)22(4)37-29(42)25-24(21(2)3)17-19-40(25)31(44)27(34(5,6)7)38-33(46)39-28(35(8,9)10)32(45)47-20-23-15-13-12-14-16-23;1-2-3(4,5)6;1-2/h11-16,21-22,24-25,27-28H,1,17-20H2,2-10H3,(H,36,43)(H,37,42)(H2,38,39,46);2H2,1H3;1-2H3/t22?,24?,25-,27?,28+;;/m0../s1. The highest BCUT2D eigenvalue weighted by Crippen LogP contribution is 2.33. The number of Topliss-reactive ketones (excluding diaryl/α,β-unsaturated/α-hetero) is 1. The lowest BCUT2D eigenvalue weighted by molar-refractivity contribution is -0.150. The molecule has 3 unspecified atom stereocenters. The maximum Gasteiger partial charge on any atom is 0.388 e. The van der Waals surface area contributed by atoms with Crippen LogP contribution in [0.1, 0.15) is 101 Å². The molecular weight excluding hydrogens is 719 g/mol. The minimum Gasteiger partial charge on any atom is -0.459 e. The fourth-order valence-electron chi connectivity index (χ4n) is 5.47. The predicted molar refractivity (Wildman–Crippen MR) is 206 cm³/mol. The number of hydrogen-bond donors (Lipinski definition) is 4. The van der Waals surface area contributed by atoms with E-state index in [1.54, 1.807) is 41.5 Å². The fourth-order valence-corrected chi connectivity index (χ4v) is 5.47. The lowest BCUT2D eigenvalue weighted by Gasteiger charge is -2.37. The van der Waals surface area contributed by atoms with Crippen molar-refractivity contribution in [1.29, 1.82) is 0 Å². The number of ether oxygens (including phenoxy) is 1. The third-order valence-electron chi connectivity index (χ3n) is 8.63. The van der Waals surface area contributed by atoms with E-state index in [2.05, 4.69) is 27.8 Å². The molecule has 0 saturated carbocycles. The van der Waals surface area contributed by atoms with Gasteiger partial charge in [-0.25, -0.2) is 9.59 Å². The summed E-state index contributed by atoms with van der Waals surface area (Å²) in [6.45, 7) is 25.1. The molecule has 2 rings (SSSR count). The molecule has 0 aliphatic carbocycles. The second-order valence-corrected chi connectivity index (χ2v) is 15.5. The van der Waals surface area contributed by atoms with Crippen LogP contribution in [-0.2, 0) is 35.3 Å². The summed E-state index contributed by atoms with van der Waals surface area (Å²) in [5.74, 6) is -3.53. The number of urea groups is 1. The minimum atomic E-state index is -3.96. The molecular formula is C40H64F3N5O7. The first-order chi connectivity index (χ1) is 25.3. The number of rotatable bonds is 13. The number of carbonyl (C=O) groups is 6. The van der Waals surface area contributed by atoms with E-state index in [4.69, 9.17) is 4.74 Å². The molecule has 0 bridgehead atoms. The summed E-state index contributed by atoms with van der Waals surface area (Å²) in [7, 11) is 0. The van der Waals surface area contributed by atoms with Crippen molar-refractivity contribution in [2.75, 3.05) is 13.1 Å². The predicted octanol–water partition coefficient (Wildman–Crippen LogP) is 6.09. The lowest BCUT2D eigenvalue weighted by atomic mass is 9.84. The summed E-state index contributed by atoms with van der Waals surface area (Å²) in [5.41, 5.74) is -0.704. The normalized spacial score (nSPS) is 17.1. The number of ketones is 1. The summed E-state index contributed by atoms with van der Waals surface area (Å²) in [6.07, 6.45) is -2.72. The van der Waals surface area contributed by atoms with Crippen molar-refractivity contribution >= 4 is 35.5 Å². The third-order valence-corrected chi connectivity index (χ3v) is 8.63. The van der Waals surface area contributed by atoms with Gasteiger partial charge in [0.1, 0.15) is 24.7 Å². The van der Waals surface area contributed by atoms with Crippen molar-refractivity contribution in [1.82, 2.24) is 26.2 Å². The van der Waals surface area contributed by atoms with Crippen LogP contribution in [0.2, 0.25) is 0 Å². The second kappa shape index (κ2) is 22.8. The van der Waals surface area contributed by atoms with Crippen LogP contribution < -0.4 is 21.3 Å². The zero-order chi connectivity index (χ0) is 42.9. The van der Waals surface area contributed by atoms with E-state index < -0.39 is 83.1 Å². The van der Waals surface area contributed by atoms with E-state index in [-0.39, 0.29) is 31.5 Å². The molecule has 5 amide bonds. The summed E-state index contributed by atoms with van der Waals surface area (Å²) < 4.78 is 37.9. The summed E-state index contributed by atoms with van der Waals surface area (Å²) in [5, 5.41) is 10.5. The Hall–Kier alpha value is -4.43. The van der Waals surface area contributed by atoms with Gasteiger partial charge in [0.2, 0.25) is 17.6 Å². The average Bonchev–Trinajstić information content (AvgIpc) is 3.56. The van der Waals surface area contributed by atoms with Gasteiger partial charge in [-0.2, -0.15) is 13.2 Å². The Labute approximate surface area is 325 Å². The average molecular weight is 784 g/mol. The molecule has 5 atom stereocenters. The number of benzene rings is 1. The number of carbonyl (C=O) groups excluding carboxylic acids is 6. The number of nitrogens with zero attached hydrogens (tertiary/aromatic N) is 1. The van der Waals surface area contributed by atoms with Gasteiger partial charge in [0.15, 0.2) is 0 Å². The van der Waals surface area contributed by atoms with Gasteiger partial charge in [-0.3, -0.25) is 19.2 Å². The Bertz CT molecular complexity index is 1420. The maximum absolute atomic E-state index is 14.2. The first-order valence-corrected chi connectivity index (χ1v) is 18.7. The van der Waals surface area contributed by atoms with Crippen molar-refractivity contribution in [3.05, 3.63) is 48.6 Å². The van der Waals surface area contributed by atoms with Gasteiger partial charge >= 0.3 is 18.2 Å². The molecule has 1 aliphatic rings. The molecule has 4 N–H and O–H groups in total. The summed E-state index contributed by atoms with van der Waals surface area (Å²) in [6, 6.07) is 4.28. The molecule has 1 aromatic carbocycles. The molecule has 0 aromatic heterocycles. The molecule has 12 nitrogen and oxygen atoms in total. The van der Waals surface area contributed by atoms with Crippen molar-refractivity contribution < 1.29 is 46.7 Å². The van der Waals surface area contributed by atoms with Crippen LogP contribution in [-0.4, -0.2) is 83.8 Å². The summed E-state index contributed by atoms with van der Waals surface area (Å²) in [4.78, 5) is 80.6. The van der Waals surface area contributed by atoms with Gasteiger partial charge < -0.3 is 30.9 Å². The van der Waals surface area contributed by atoms with Gasteiger partial charge in [-0.05, 0) is 41.6 Å². The van der Waals surface area contributed by atoms with Gasteiger partial charge in [0.25, 0.3) is 5.91 Å². The number of alkyl halides is 3. The van der Waals surface area contributed by atoms with E-state index in [1.807, 2.05) is 58.0 Å². The van der Waals surface area contributed by atoms with Gasteiger partial charge in [-0.15, -0.1) is 6.58 Å². The Morgan fingerprint density at radius 2 is 1.40 bits per heavy atom. The zero-order valence-corrected chi connectivity index (χ0v) is 34.6. The molecule has 15 heteroatoms. The third kappa shape index (κ3) is 17.3. The molecule has 1 fully saturated rings. The number of amides is 5. The summed E-state index contributed by atoms with van der Waals surface area (Å²) >= 11 is 0. The van der Waals surface area contributed by atoms with Crippen molar-refractivity contribution in [3.8, 4) is 0 Å². The maximum atomic E-state index is 14.2. The Morgan fingerprint density at radius 1 is 0.891 bits per heavy atom. The highest BCUT2D eigenvalue weighted by atomic mass is 19.4. The van der Waals surface area contributed by atoms with Crippen LogP contribution in [0.4, 0.5) is 18.0 Å². The van der Waals surface area contributed by atoms with Crippen LogP contribution >= 0.6 is 0 Å². The van der Waals surface area contributed by atoms with E-state index >= 15 is 0 Å². The SMILES string of the molecule is C=CCNC(=O)C(=O)C(C)NC(=O)[C@@H]1C(C(C)C)CCN1C(=O)C(NC(=O)N[C@H](C(=O)OCc1ccccc1)C(C)(C)C)C(C)(C)C.CC.CCC(F)(F)F. The first-order valence-electron chi connectivity index (χ1n) is 18.7. The second-order valence-electron chi connectivity index (χ2n) is 15.5. The largest absolute Gasteiger partial charge is 0.459 e. The lowest BCUT2D eigenvalue weighted by Crippen LogP contribution is -2.62. The van der Waals surface area contributed by atoms with Crippen molar-refractivity contribution in [2.45, 2.75) is 133 Å². The van der Waals surface area contributed by atoms with E-state index in [0.29, 0.717) is 6.42 Å². The molecule has 0 spiro atoms. The number of nitrogens with one attached hydrogen (secondary N) is 4. The number of esters is 1. The molecule has 1 saturated heterocycles. The van der Waals surface area contributed by atoms with Crippen LogP contribution in [0, 0.1) is 22.7 Å². The Balaban J connectivity index is 0.00000331. The van der Waals surface area contributed by atoms with Gasteiger partial charge in [-0.1, -0.05) is 113 Å². The highest BCUT2D eigenvalue weighted by Gasteiger charge is 2.48. The smallest absolute Gasteiger partial charge is 0.388 e. The fraction of sp³-hybridized carbons (Fsp3) is 0.650. The Kier molecular flexibility index (Phi) is 21.0. The molecule has 1 aliphatic heterocycles. The van der Waals surface area contributed by atoms with Crippen LogP contribution in [0.15, 0.2) is 43.0 Å². The van der Waals surface area contributed by atoms with E-state index in [0.717, 1.165) is 12.5 Å². The highest BCUT2D eigenvalue weighted by molar-refractivity contribution is 6.38. The van der Waals surface area contributed by atoms with Crippen LogP contribution in [0.3, 0.4) is 0 Å². The number of halogens is 3. The van der Waals surface area contributed by atoms with Crippen molar-refractivity contribution in [2.24, 2.45) is 22.7 Å². The van der Waals surface area contributed by atoms with Crippen molar-refractivity contribution in [3.63, 3.8) is 0 Å². The molecule has 0 radical (unpaired) electrons. The molecule has 1 aromatic rings. The number of hydrogen-bond acceptors (Lipinski definition) is 7. The van der Waals surface area contributed by atoms with Crippen LogP contribution in [0.5, 0.6) is 0 Å². The first kappa shape index (κ1) is 50.6. The minimum absolute atomic E-state index is 0.0178. The monoisotopic (exact) mass is 783 g/mol. The molecule has 1 heterocycles. The van der Waals surface area contributed by atoms with E-state index in [1.165, 1.54) is 17.9 Å². The Morgan fingerprint density at radius 3 is 1.85 bits per heavy atom. The van der Waals surface area contributed by atoms with Gasteiger partial charge in [0, 0.05) is 19.5 Å². The molecule has 312 valence electrons. The van der Waals surface area contributed by atoms with Crippen LogP contribution in [0.25, 0.3) is 0 Å². The molecule has 55 heavy (non-hydrogen) atoms.